The van der Waals surface area contributed by atoms with Crippen molar-refractivity contribution in [2.45, 2.75) is 7.25 Å². The van der Waals surface area contributed by atoms with Gasteiger partial charge in [0.05, 0.1) is 0 Å². The van der Waals surface area contributed by atoms with Gasteiger partial charge >= 0.3 is 369 Å². The van der Waals surface area contributed by atoms with Gasteiger partial charge in [-0.25, -0.2) is 0 Å². The van der Waals surface area contributed by atoms with Crippen LogP contribution in [0.15, 0.2) is 215 Å². The molecule has 0 saturated heterocycles. The Hall–Kier alpha value is -6.22. The summed E-state index contributed by atoms with van der Waals surface area (Å²) in [6, 6.07) is 74.4. The topological polar surface area (TPSA) is 26.3 Å². The van der Waals surface area contributed by atoms with Gasteiger partial charge in [-0.05, 0) is 0 Å². The van der Waals surface area contributed by atoms with E-state index in [2.05, 4.69) is 218 Å². The largest absolute Gasteiger partial charge is 1.00 e. The van der Waals surface area contributed by atoms with Crippen LogP contribution in [-0.4, -0.2) is 0 Å². The third kappa shape index (κ3) is 7.19. The standard InChI is InChI=1S/2C29H19O.2ClH.Zr/c2*1-2-9-21(10-3-1)28-16-17-29(30-28)23-18-22-12-7-15-26(27(22)19-23)25-14-6-11-20-8-4-5-13-24(20)25;;;/h2*1-19H;2*1H;/q;;;;+2/p-2. The molecule has 8 aromatic carbocycles. The van der Waals surface area contributed by atoms with Crippen LogP contribution in [0.25, 0.3) is 89.7 Å². The SMILES string of the molecule is C1=C(c2ccc(-c3ccccc3)o2)[CH]([Zr+2][CH]2C(c3ccc(-c4ccccc4)o3)=Cc3c(-c4cccc5ccccc45)cccc32)c2cccc(-c3cccc4ccccc34)c21.[Cl-].[Cl-]. The molecule has 10 aromatic rings. The molecular formula is C58H38Cl2O2Zr. The van der Waals surface area contributed by atoms with Crippen LogP contribution in [0.4, 0.5) is 0 Å². The molecule has 2 heterocycles. The molecule has 0 radical (unpaired) electrons. The Balaban J connectivity index is 0.00000236. The minimum Gasteiger partial charge on any atom is -1.00 e. The number of furan rings is 2. The van der Waals surface area contributed by atoms with Gasteiger partial charge in [-0.2, -0.15) is 0 Å². The molecule has 0 aliphatic heterocycles. The first-order valence-electron chi connectivity index (χ1n) is 21.0. The normalized spacial score (nSPS) is 14.9. The maximum atomic E-state index is 6.87. The van der Waals surface area contributed by atoms with Gasteiger partial charge in [-0.3, -0.25) is 0 Å². The van der Waals surface area contributed by atoms with E-state index >= 15 is 0 Å². The summed E-state index contributed by atoms with van der Waals surface area (Å²) in [6.45, 7) is 0. The smallest absolute Gasteiger partial charge is 1.00 e. The zero-order chi connectivity index (χ0) is 40.3. The van der Waals surface area contributed by atoms with Crippen molar-refractivity contribution in [1.82, 2.24) is 0 Å². The molecule has 0 spiro atoms. The summed E-state index contributed by atoms with van der Waals surface area (Å²) in [4.78, 5) is 0. The maximum Gasteiger partial charge on any atom is -1.00 e. The fourth-order valence-electron chi connectivity index (χ4n) is 9.65. The van der Waals surface area contributed by atoms with E-state index in [1.807, 2.05) is 0 Å². The van der Waals surface area contributed by atoms with Gasteiger partial charge in [-0.1, -0.05) is 0 Å². The fraction of sp³-hybridized carbons (Fsp3) is 0.0345. The van der Waals surface area contributed by atoms with E-state index in [0.29, 0.717) is 0 Å². The van der Waals surface area contributed by atoms with E-state index in [-0.39, 0.29) is 32.1 Å². The average molecular weight is 929 g/mol. The van der Waals surface area contributed by atoms with Crippen molar-refractivity contribution >= 4 is 44.8 Å². The van der Waals surface area contributed by atoms with Crippen LogP contribution in [0.2, 0.25) is 0 Å². The molecule has 63 heavy (non-hydrogen) atoms. The minimum absolute atomic E-state index is 0. The van der Waals surface area contributed by atoms with Crippen molar-refractivity contribution in [2.24, 2.45) is 0 Å². The van der Waals surface area contributed by atoms with Crippen LogP contribution in [0.1, 0.15) is 41.0 Å². The van der Waals surface area contributed by atoms with E-state index in [1.165, 1.54) is 77.2 Å². The maximum absolute atomic E-state index is 6.87. The molecule has 2 aromatic heterocycles. The Labute approximate surface area is 391 Å². The van der Waals surface area contributed by atoms with E-state index in [0.717, 1.165) is 34.2 Å². The minimum atomic E-state index is -1.50. The Kier molecular flexibility index (Phi) is 11.1. The quantitative estimate of drug-likeness (QED) is 0.152. The summed E-state index contributed by atoms with van der Waals surface area (Å²) in [5.41, 5.74) is 15.2. The predicted octanol–water partition coefficient (Wildman–Crippen LogP) is 9.83. The first-order valence-corrected chi connectivity index (χ1v) is 23.8. The van der Waals surface area contributed by atoms with Gasteiger partial charge in [0.2, 0.25) is 0 Å². The van der Waals surface area contributed by atoms with E-state index in [4.69, 9.17) is 8.83 Å². The molecule has 0 amide bonds. The first kappa shape index (κ1) is 40.8. The van der Waals surface area contributed by atoms with Crippen molar-refractivity contribution in [2.75, 3.05) is 0 Å². The van der Waals surface area contributed by atoms with Gasteiger partial charge < -0.3 is 24.8 Å². The monoisotopic (exact) mass is 926 g/mol. The van der Waals surface area contributed by atoms with Gasteiger partial charge in [-0.15, -0.1) is 0 Å². The summed E-state index contributed by atoms with van der Waals surface area (Å²) in [7, 11) is 0. The van der Waals surface area contributed by atoms with Crippen LogP contribution in [0.3, 0.4) is 0 Å². The fourth-order valence-corrected chi connectivity index (χ4v) is 14.6. The zero-order valence-corrected chi connectivity index (χ0v) is 38.0. The van der Waals surface area contributed by atoms with Crippen molar-refractivity contribution in [3.63, 3.8) is 0 Å². The average Bonchev–Trinajstić information content (AvgIpc) is 4.15. The summed E-state index contributed by atoms with van der Waals surface area (Å²) in [6.07, 6.45) is 4.91. The van der Waals surface area contributed by atoms with Crippen molar-refractivity contribution in [3.05, 3.63) is 240 Å². The van der Waals surface area contributed by atoms with Crippen molar-refractivity contribution in [3.8, 4) is 44.9 Å². The van der Waals surface area contributed by atoms with Gasteiger partial charge in [0.25, 0.3) is 0 Å². The Morgan fingerprint density at radius 3 is 1.14 bits per heavy atom. The summed E-state index contributed by atoms with van der Waals surface area (Å²) >= 11 is -1.50. The molecule has 2 unspecified atom stereocenters. The van der Waals surface area contributed by atoms with E-state index < -0.39 is 23.2 Å². The Morgan fingerprint density at radius 1 is 0.317 bits per heavy atom. The van der Waals surface area contributed by atoms with Crippen LogP contribution in [0, 0.1) is 0 Å². The van der Waals surface area contributed by atoms with Crippen LogP contribution in [0.5, 0.6) is 0 Å². The Bertz CT molecular complexity index is 3120. The molecule has 0 fully saturated rings. The molecule has 2 aliphatic carbocycles. The second-order valence-electron chi connectivity index (χ2n) is 16.0. The molecule has 12 rings (SSSR count). The molecular weight excluding hydrogens is 891 g/mol. The van der Waals surface area contributed by atoms with E-state index in [1.54, 1.807) is 0 Å². The van der Waals surface area contributed by atoms with Crippen LogP contribution >= 0.6 is 0 Å². The molecule has 0 bridgehead atoms. The van der Waals surface area contributed by atoms with Crippen molar-refractivity contribution in [1.29, 1.82) is 0 Å². The first-order chi connectivity index (χ1) is 30.2. The molecule has 0 saturated carbocycles. The number of rotatable bonds is 8. The number of fused-ring (bicyclic) bond motifs is 4. The number of allylic oxidation sites excluding steroid dienone is 2. The van der Waals surface area contributed by atoms with Crippen molar-refractivity contribution < 1.29 is 56.9 Å². The molecule has 5 heteroatoms. The second kappa shape index (κ2) is 17.2. The third-order valence-electron chi connectivity index (χ3n) is 12.5. The zero-order valence-electron chi connectivity index (χ0n) is 34.0. The van der Waals surface area contributed by atoms with Gasteiger partial charge in [0.15, 0.2) is 0 Å². The molecule has 2 nitrogen and oxygen atoms in total. The number of benzene rings is 8. The van der Waals surface area contributed by atoms with Gasteiger partial charge in [0, 0.05) is 0 Å². The van der Waals surface area contributed by atoms with Crippen LogP contribution in [-0.2, 0) is 23.2 Å². The Morgan fingerprint density at radius 2 is 0.683 bits per heavy atom. The third-order valence-corrected chi connectivity index (χ3v) is 17.2. The summed E-state index contributed by atoms with van der Waals surface area (Å²) < 4.78 is 14.2. The van der Waals surface area contributed by atoms with Gasteiger partial charge in [0.1, 0.15) is 0 Å². The number of hydrogen-bond donors (Lipinski definition) is 0. The molecule has 2 atom stereocenters. The van der Waals surface area contributed by atoms with Crippen LogP contribution < -0.4 is 24.8 Å². The molecule has 0 N–H and O–H groups in total. The van der Waals surface area contributed by atoms with E-state index in [9.17, 15) is 0 Å². The summed E-state index contributed by atoms with van der Waals surface area (Å²) in [5, 5.41) is 5.03. The number of hydrogen-bond acceptors (Lipinski definition) is 2. The number of halogens is 2. The predicted molar refractivity (Wildman–Crippen MR) is 248 cm³/mol. The molecule has 2 aliphatic rings. The molecule has 300 valence electrons. The second-order valence-corrected chi connectivity index (χ2v) is 19.6. The summed E-state index contributed by atoms with van der Waals surface area (Å²) in [5.74, 6) is 3.67.